The van der Waals surface area contributed by atoms with Crippen LogP contribution in [0.1, 0.15) is 36.5 Å². The minimum Gasteiger partial charge on any atom is -0.354 e. The lowest BCUT2D eigenvalue weighted by Gasteiger charge is -2.36. The van der Waals surface area contributed by atoms with Gasteiger partial charge in [-0.25, -0.2) is 4.98 Å². The van der Waals surface area contributed by atoms with Gasteiger partial charge in [-0.1, -0.05) is 19.4 Å². The van der Waals surface area contributed by atoms with Gasteiger partial charge in [-0.2, -0.15) is 5.10 Å². The smallest absolute Gasteiger partial charge is 0.322 e. The van der Waals surface area contributed by atoms with Gasteiger partial charge < -0.3 is 10.2 Å². The summed E-state index contributed by atoms with van der Waals surface area (Å²) in [5.74, 6) is 0.456. The Labute approximate surface area is 169 Å². The van der Waals surface area contributed by atoms with Crippen molar-refractivity contribution in [2.24, 2.45) is 0 Å². The first kappa shape index (κ1) is 20.7. The van der Waals surface area contributed by atoms with Crippen LogP contribution in [-0.4, -0.2) is 69.7 Å². The van der Waals surface area contributed by atoms with Gasteiger partial charge in [-0.3, -0.25) is 24.9 Å². The van der Waals surface area contributed by atoms with Gasteiger partial charge >= 0.3 is 5.69 Å². The Morgan fingerprint density at radius 3 is 2.72 bits per heavy atom. The van der Waals surface area contributed by atoms with Gasteiger partial charge in [0.05, 0.1) is 4.92 Å². The minimum atomic E-state index is -0.537. The summed E-state index contributed by atoms with van der Waals surface area (Å²) in [4.78, 5) is 32.3. The highest BCUT2D eigenvalue weighted by Gasteiger charge is 2.29. The van der Waals surface area contributed by atoms with E-state index in [-0.39, 0.29) is 17.4 Å². The maximum Gasteiger partial charge on any atom is 0.322 e. The fourth-order valence-electron chi connectivity index (χ4n) is 3.58. The zero-order valence-corrected chi connectivity index (χ0v) is 16.8. The average molecular weight is 401 g/mol. The number of aryl methyl sites for hydroxylation is 1. The third-order valence-electron chi connectivity index (χ3n) is 4.97. The van der Waals surface area contributed by atoms with Gasteiger partial charge in [0, 0.05) is 45.0 Å². The maximum absolute atomic E-state index is 12.5. The van der Waals surface area contributed by atoms with E-state index in [4.69, 9.17) is 0 Å². The second-order valence-corrected chi connectivity index (χ2v) is 7.26. The average Bonchev–Trinajstić information content (AvgIpc) is 3.13. The molecule has 3 heterocycles. The van der Waals surface area contributed by atoms with Crippen LogP contribution < -0.4 is 10.2 Å². The molecule has 2 N–H and O–H groups in total. The van der Waals surface area contributed by atoms with Gasteiger partial charge in [0.2, 0.25) is 5.69 Å². The molecule has 0 radical (unpaired) electrons. The molecule has 2 aromatic rings. The molecule has 10 heteroatoms. The Hall–Kier alpha value is -3.01. The quantitative estimate of drug-likeness (QED) is 0.509. The Morgan fingerprint density at radius 2 is 2.10 bits per heavy atom. The number of piperazine rings is 1. The molecule has 0 bridgehead atoms. The lowest BCUT2D eigenvalue weighted by Crippen LogP contribution is -2.51. The number of pyridine rings is 1. The van der Waals surface area contributed by atoms with E-state index in [0.29, 0.717) is 18.7 Å². The third-order valence-corrected chi connectivity index (χ3v) is 4.97. The number of hydrogen-bond acceptors (Lipinski definition) is 7. The number of aromatic amines is 1. The molecule has 29 heavy (non-hydrogen) atoms. The molecule has 1 amide bonds. The molecule has 0 aliphatic carbocycles. The van der Waals surface area contributed by atoms with Crippen molar-refractivity contribution in [3.8, 4) is 0 Å². The monoisotopic (exact) mass is 401 g/mol. The summed E-state index contributed by atoms with van der Waals surface area (Å²) in [5, 5.41) is 20.8. The number of carbonyl (C=O) groups is 1. The van der Waals surface area contributed by atoms with Crippen molar-refractivity contribution in [2.75, 3.05) is 37.6 Å². The molecule has 2 aromatic heterocycles. The molecule has 1 atom stereocenters. The zero-order chi connectivity index (χ0) is 20.8. The molecule has 1 fully saturated rings. The molecular weight excluding hydrogens is 374 g/mol. The van der Waals surface area contributed by atoms with E-state index in [1.807, 2.05) is 32.0 Å². The summed E-state index contributed by atoms with van der Waals surface area (Å²) in [6.45, 7) is 7.93. The highest BCUT2D eigenvalue weighted by Crippen LogP contribution is 2.22. The summed E-state index contributed by atoms with van der Waals surface area (Å²) in [5.41, 5.74) is 0.0201. The van der Waals surface area contributed by atoms with E-state index in [2.05, 4.69) is 30.3 Å². The molecule has 10 nitrogen and oxygen atoms in total. The highest BCUT2D eigenvalue weighted by atomic mass is 16.6. The van der Waals surface area contributed by atoms with Crippen LogP contribution in [0.5, 0.6) is 0 Å². The molecule has 3 rings (SSSR count). The predicted octanol–water partition coefficient (Wildman–Crippen LogP) is 1.61. The van der Waals surface area contributed by atoms with Crippen LogP contribution in [-0.2, 0) is 6.42 Å². The molecule has 1 saturated heterocycles. The van der Waals surface area contributed by atoms with Crippen molar-refractivity contribution in [1.29, 1.82) is 0 Å². The van der Waals surface area contributed by atoms with Gasteiger partial charge in [-0.05, 0) is 25.5 Å². The summed E-state index contributed by atoms with van der Waals surface area (Å²) in [7, 11) is 0. The molecule has 0 spiro atoms. The van der Waals surface area contributed by atoms with Crippen LogP contribution in [0.4, 0.5) is 11.5 Å². The number of amides is 1. The molecular formula is C19H27N7O3. The fourth-order valence-corrected chi connectivity index (χ4v) is 3.58. The Morgan fingerprint density at radius 1 is 1.34 bits per heavy atom. The van der Waals surface area contributed by atoms with Crippen LogP contribution in [0.2, 0.25) is 0 Å². The SMILES string of the molecule is CCCc1[nH]nc(C(=O)NC(C)CN2CCN(c3ccccn3)CC2)c1[N+](=O)[O-]. The molecule has 1 aliphatic rings. The van der Waals surface area contributed by atoms with Crippen LogP contribution in [0, 0.1) is 10.1 Å². The molecule has 0 aromatic carbocycles. The standard InChI is InChI=1S/C19H27N7O3/c1-3-6-15-18(26(28)29)17(23-22-15)19(27)21-14(2)13-24-9-11-25(12-10-24)16-7-4-5-8-20-16/h4-5,7-8,14H,3,6,9-13H2,1-2H3,(H,21,27)(H,22,23). The summed E-state index contributed by atoms with van der Waals surface area (Å²) >= 11 is 0. The van der Waals surface area contributed by atoms with Gasteiger partial charge in [-0.15, -0.1) is 0 Å². The Kier molecular flexibility index (Phi) is 6.76. The fraction of sp³-hybridized carbons (Fsp3) is 0.526. The van der Waals surface area contributed by atoms with Crippen LogP contribution in [0.25, 0.3) is 0 Å². The largest absolute Gasteiger partial charge is 0.354 e. The summed E-state index contributed by atoms with van der Waals surface area (Å²) < 4.78 is 0. The van der Waals surface area contributed by atoms with E-state index < -0.39 is 10.8 Å². The first-order chi connectivity index (χ1) is 14.0. The number of aromatic nitrogens is 3. The lowest BCUT2D eigenvalue weighted by molar-refractivity contribution is -0.385. The highest BCUT2D eigenvalue weighted by molar-refractivity contribution is 5.96. The van der Waals surface area contributed by atoms with Gasteiger partial charge in [0.25, 0.3) is 5.91 Å². The van der Waals surface area contributed by atoms with Crippen molar-refractivity contribution >= 4 is 17.4 Å². The number of nitrogens with zero attached hydrogens (tertiary/aromatic N) is 5. The molecule has 1 unspecified atom stereocenters. The van der Waals surface area contributed by atoms with E-state index in [9.17, 15) is 14.9 Å². The maximum atomic E-state index is 12.5. The molecule has 1 aliphatic heterocycles. The minimum absolute atomic E-state index is 0.148. The predicted molar refractivity (Wildman–Crippen MR) is 109 cm³/mol. The van der Waals surface area contributed by atoms with Gasteiger partial charge in [0.15, 0.2) is 0 Å². The summed E-state index contributed by atoms with van der Waals surface area (Å²) in [6.07, 6.45) is 3.00. The Bertz CT molecular complexity index is 832. The van der Waals surface area contributed by atoms with Crippen molar-refractivity contribution in [3.05, 3.63) is 45.9 Å². The Balaban J connectivity index is 1.53. The van der Waals surface area contributed by atoms with Crippen molar-refractivity contribution < 1.29 is 9.72 Å². The second kappa shape index (κ2) is 9.46. The molecule has 0 saturated carbocycles. The number of H-pyrrole nitrogens is 1. The van der Waals surface area contributed by atoms with Crippen molar-refractivity contribution in [2.45, 2.75) is 32.7 Å². The number of anilines is 1. The summed E-state index contributed by atoms with van der Waals surface area (Å²) in [6, 6.07) is 5.72. The number of rotatable bonds is 8. The second-order valence-electron chi connectivity index (χ2n) is 7.26. The number of nitro groups is 1. The van der Waals surface area contributed by atoms with E-state index in [1.165, 1.54) is 0 Å². The normalized spacial score (nSPS) is 15.9. The van der Waals surface area contributed by atoms with E-state index in [1.54, 1.807) is 6.20 Å². The number of carbonyl (C=O) groups excluding carboxylic acids is 1. The first-order valence-corrected chi connectivity index (χ1v) is 9.90. The zero-order valence-electron chi connectivity index (χ0n) is 16.8. The lowest BCUT2D eigenvalue weighted by atomic mass is 10.2. The van der Waals surface area contributed by atoms with Crippen LogP contribution in [0.3, 0.4) is 0 Å². The van der Waals surface area contributed by atoms with E-state index >= 15 is 0 Å². The van der Waals surface area contributed by atoms with Crippen molar-refractivity contribution in [1.82, 2.24) is 25.4 Å². The number of hydrogen-bond donors (Lipinski definition) is 2. The topological polar surface area (TPSA) is 120 Å². The third kappa shape index (κ3) is 5.08. The van der Waals surface area contributed by atoms with Crippen molar-refractivity contribution in [3.63, 3.8) is 0 Å². The van der Waals surface area contributed by atoms with Crippen LogP contribution in [0.15, 0.2) is 24.4 Å². The van der Waals surface area contributed by atoms with Crippen LogP contribution >= 0.6 is 0 Å². The van der Waals surface area contributed by atoms with E-state index in [0.717, 1.165) is 38.4 Å². The van der Waals surface area contributed by atoms with Gasteiger partial charge in [0.1, 0.15) is 11.5 Å². The number of nitrogens with one attached hydrogen (secondary N) is 2. The molecule has 156 valence electrons. The first-order valence-electron chi connectivity index (χ1n) is 9.90.